The maximum atomic E-state index is 14.6. The number of imidazole rings is 1. The molecule has 2 N–H and O–H groups in total. The summed E-state index contributed by atoms with van der Waals surface area (Å²) in [7, 11) is 1.61. The van der Waals surface area contributed by atoms with Crippen LogP contribution in [0.25, 0.3) is 21.9 Å². The van der Waals surface area contributed by atoms with Crippen molar-refractivity contribution in [1.82, 2.24) is 24.8 Å². The van der Waals surface area contributed by atoms with Crippen LogP contribution in [-0.2, 0) is 5.92 Å². The van der Waals surface area contributed by atoms with Gasteiger partial charge in [0.1, 0.15) is 5.56 Å². The maximum absolute atomic E-state index is 14.6. The van der Waals surface area contributed by atoms with Gasteiger partial charge in [0.2, 0.25) is 0 Å². The Morgan fingerprint density at radius 2 is 2.03 bits per heavy atom. The van der Waals surface area contributed by atoms with E-state index in [9.17, 15) is 18.0 Å². The topological polar surface area (TPSA) is 89.1 Å². The molecule has 38 heavy (non-hydrogen) atoms. The van der Waals surface area contributed by atoms with Crippen LogP contribution in [0.1, 0.15) is 45.9 Å². The Hall–Kier alpha value is -4.72. The van der Waals surface area contributed by atoms with Crippen molar-refractivity contribution in [1.29, 1.82) is 0 Å². The summed E-state index contributed by atoms with van der Waals surface area (Å²) >= 11 is 0. The summed E-state index contributed by atoms with van der Waals surface area (Å²) in [5, 5.41) is 4.91. The molecule has 0 radical (unpaired) electrons. The van der Waals surface area contributed by atoms with E-state index < -0.39 is 29.8 Å². The van der Waals surface area contributed by atoms with Crippen molar-refractivity contribution in [2.24, 2.45) is 0 Å². The Morgan fingerprint density at radius 1 is 1.18 bits per heavy atom. The van der Waals surface area contributed by atoms with Gasteiger partial charge >= 0.3 is 6.07 Å². The van der Waals surface area contributed by atoms with Crippen LogP contribution in [0.2, 0.25) is 0 Å². The fraction of sp³-hybridized carbons (Fsp3) is 0.222. The number of carbonyl (C=O) groups is 1. The first-order valence-corrected chi connectivity index (χ1v) is 12.0. The molecule has 4 aromatic rings. The third kappa shape index (κ3) is 4.34. The number of fused-ring (bicyclic) bond motifs is 1. The van der Waals surface area contributed by atoms with Crippen LogP contribution >= 0.6 is 0 Å². The summed E-state index contributed by atoms with van der Waals surface area (Å²) in [6.07, 6.45) is 7.05. The Balaban J connectivity index is 1.33. The van der Waals surface area contributed by atoms with E-state index in [4.69, 9.17) is 0 Å². The molecule has 6 rings (SSSR count). The van der Waals surface area contributed by atoms with Crippen molar-refractivity contribution >= 4 is 17.4 Å². The molecule has 1 amide bonds. The number of benzene rings is 2. The normalized spacial score (nSPS) is 15.7. The van der Waals surface area contributed by atoms with Gasteiger partial charge in [-0.15, -0.1) is 0 Å². The molecular weight excluding hydrogens is 495 g/mol. The first-order valence-electron chi connectivity index (χ1n) is 12.0. The number of nitrogens with one attached hydrogen (secondary N) is 2. The number of anilines is 2. The first-order chi connectivity index (χ1) is 18.3. The molecule has 2 aliphatic rings. The van der Waals surface area contributed by atoms with Crippen molar-refractivity contribution < 1.29 is 18.0 Å². The third-order valence-electron chi connectivity index (χ3n) is 6.50. The van der Waals surface area contributed by atoms with Gasteiger partial charge in [0.15, 0.2) is 17.5 Å². The fourth-order valence-electron chi connectivity index (χ4n) is 4.40. The van der Waals surface area contributed by atoms with Gasteiger partial charge in [0, 0.05) is 34.5 Å². The SMILES string of the molecule is C[N+]#Cc1cc(-c2ncc(F)c(Nc3ccc4c(c3)C(F)(F)CNC4=O)n2)ccc1-n1cnc(C2CC2)c1. The fourth-order valence-corrected chi connectivity index (χ4v) is 4.40. The third-order valence-corrected chi connectivity index (χ3v) is 6.50. The monoisotopic (exact) mass is 516 g/mol. The summed E-state index contributed by atoms with van der Waals surface area (Å²) in [4.78, 5) is 28.9. The van der Waals surface area contributed by atoms with Crippen molar-refractivity contribution in [2.45, 2.75) is 24.7 Å². The molecule has 11 heteroatoms. The second kappa shape index (κ2) is 8.99. The lowest BCUT2D eigenvalue weighted by atomic mass is 9.96. The average molecular weight is 517 g/mol. The quantitative estimate of drug-likeness (QED) is 0.379. The number of carbonyl (C=O) groups excluding carboxylic acids is 1. The van der Waals surface area contributed by atoms with Crippen LogP contribution in [0.4, 0.5) is 24.7 Å². The molecule has 8 nitrogen and oxygen atoms in total. The minimum absolute atomic E-state index is 0.126. The lowest BCUT2D eigenvalue weighted by molar-refractivity contribution is -0.00832. The molecule has 0 unspecified atom stereocenters. The number of alkyl halides is 2. The standard InChI is InChI=1S/C27H20F3N7O/c1-31-10-17-8-16(4-7-23(17)37-12-22(34-14-37)15-2-3-15)24-32-11-21(28)25(36-24)35-18-5-6-19-20(9-18)27(29,30)13-33-26(19)38/h4-9,11-12,14-15H,2-3,13H2,1H3,(H-,32,33,35,36,38)/p+1. The highest BCUT2D eigenvalue weighted by atomic mass is 19.3. The van der Waals surface area contributed by atoms with E-state index in [0.29, 0.717) is 17.0 Å². The zero-order valence-corrected chi connectivity index (χ0v) is 20.2. The molecule has 0 spiro atoms. The number of amides is 1. The highest BCUT2D eigenvalue weighted by Crippen LogP contribution is 2.39. The van der Waals surface area contributed by atoms with E-state index in [-0.39, 0.29) is 22.9 Å². The highest BCUT2D eigenvalue weighted by molar-refractivity contribution is 5.97. The van der Waals surface area contributed by atoms with E-state index in [2.05, 4.69) is 36.5 Å². The van der Waals surface area contributed by atoms with Gasteiger partial charge in [-0.3, -0.25) is 4.79 Å². The predicted molar refractivity (Wildman–Crippen MR) is 135 cm³/mol. The molecule has 190 valence electrons. The van der Waals surface area contributed by atoms with Crippen LogP contribution in [0.5, 0.6) is 0 Å². The van der Waals surface area contributed by atoms with E-state index in [1.165, 1.54) is 12.1 Å². The average Bonchev–Trinajstić information content (AvgIpc) is 3.65. The van der Waals surface area contributed by atoms with E-state index in [0.717, 1.165) is 36.5 Å². The summed E-state index contributed by atoms with van der Waals surface area (Å²) < 4.78 is 45.3. The van der Waals surface area contributed by atoms with Crippen LogP contribution in [0, 0.1) is 11.9 Å². The zero-order valence-electron chi connectivity index (χ0n) is 20.2. The zero-order chi connectivity index (χ0) is 26.4. The lowest BCUT2D eigenvalue weighted by Gasteiger charge is -2.26. The summed E-state index contributed by atoms with van der Waals surface area (Å²) in [5.74, 6) is -4.06. The van der Waals surface area contributed by atoms with Crippen LogP contribution < -0.4 is 10.6 Å². The second-order valence-corrected chi connectivity index (χ2v) is 9.21. The van der Waals surface area contributed by atoms with Crippen molar-refractivity contribution in [3.63, 3.8) is 0 Å². The second-order valence-electron chi connectivity index (χ2n) is 9.21. The van der Waals surface area contributed by atoms with Gasteiger partial charge in [-0.05, 0) is 49.2 Å². The number of nitrogens with zero attached hydrogens (tertiary/aromatic N) is 5. The van der Waals surface area contributed by atoms with Crippen LogP contribution in [0.15, 0.2) is 55.1 Å². The smallest absolute Gasteiger partial charge is 0.312 e. The highest BCUT2D eigenvalue weighted by Gasteiger charge is 2.40. The molecule has 0 atom stereocenters. The molecule has 1 fully saturated rings. The van der Waals surface area contributed by atoms with E-state index in [1.807, 2.05) is 16.8 Å². The van der Waals surface area contributed by atoms with Crippen LogP contribution in [-0.4, -0.2) is 39.0 Å². The Morgan fingerprint density at radius 3 is 2.82 bits per heavy atom. The lowest BCUT2D eigenvalue weighted by Crippen LogP contribution is -2.41. The summed E-state index contributed by atoms with van der Waals surface area (Å²) in [6, 6.07) is 12.2. The largest absolute Gasteiger partial charge is 0.346 e. The molecule has 1 aliphatic heterocycles. The number of hydrogen-bond acceptors (Lipinski definition) is 5. The van der Waals surface area contributed by atoms with Crippen molar-refractivity contribution in [3.8, 4) is 23.1 Å². The molecule has 1 saturated carbocycles. The number of hydrogen-bond donors (Lipinski definition) is 2. The minimum Gasteiger partial charge on any atom is -0.346 e. The van der Waals surface area contributed by atoms with Gasteiger partial charge < -0.3 is 15.2 Å². The molecule has 3 heterocycles. The van der Waals surface area contributed by atoms with Gasteiger partial charge in [0.05, 0.1) is 30.5 Å². The maximum Gasteiger partial charge on any atom is 0.312 e. The Labute approximate surface area is 215 Å². The van der Waals surface area contributed by atoms with Crippen molar-refractivity contribution in [3.05, 3.63) is 88.2 Å². The van der Waals surface area contributed by atoms with Gasteiger partial charge in [-0.1, -0.05) is 4.85 Å². The summed E-state index contributed by atoms with van der Waals surface area (Å²) in [5.41, 5.74) is 2.72. The molecule has 0 saturated heterocycles. The molecule has 2 aromatic carbocycles. The van der Waals surface area contributed by atoms with Crippen molar-refractivity contribution in [2.75, 3.05) is 18.9 Å². The van der Waals surface area contributed by atoms with Gasteiger partial charge in [-0.2, -0.15) is 8.78 Å². The summed E-state index contributed by atoms with van der Waals surface area (Å²) in [6.45, 7) is -0.800. The Bertz CT molecular complexity index is 1650. The molecule has 2 aromatic heterocycles. The Kier molecular flexibility index (Phi) is 5.60. The minimum atomic E-state index is -3.25. The van der Waals surface area contributed by atoms with Gasteiger partial charge in [-0.25, -0.2) is 19.3 Å². The molecule has 1 aliphatic carbocycles. The number of aromatic nitrogens is 4. The molecule has 0 bridgehead atoms. The number of rotatable bonds is 5. The van der Waals surface area contributed by atoms with Crippen LogP contribution in [0.3, 0.4) is 0 Å². The van der Waals surface area contributed by atoms with E-state index in [1.54, 1.807) is 25.5 Å². The van der Waals surface area contributed by atoms with Gasteiger partial charge in [0.25, 0.3) is 18.9 Å². The number of halogens is 3. The van der Waals surface area contributed by atoms with E-state index >= 15 is 0 Å². The predicted octanol–water partition coefficient (Wildman–Crippen LogP) is 5.24. The first kappa shape index (κ1) is 23.7. The molecular formula is C27H21F3N7O+.